The van der Waals surface area contributed by atoms with Gasteiger partial charge in [-0.3, -0.25) is 0 Å². The highest BCUT2D eigenvalue weighted by Gasteiger charge is 2.00. The van der Waals surface area contributed by atoms with Gasteiger partial charge in [-0.2, -0.15) is 0 Å². The SMILES string of the molecule is Cc1nccc(CNCc2ccc(Br)c(Cl)c2)n1. The van der Waals surface area contributed by atoms with Crippen molar-refractivity contribution >= 4 is 27.5 Å². The van der Waals surface area contributed by atoms with Gasteiger partial charge in [0.1, 0.15) is 5.82 Å². The predicted octanol–water partition coefficient (Wildman–Crippen LogP) is 3.49. The molecule has 1 heterocycles. The largest absolute Gasteiger partial charge is 0.307 e. The number of hydrogen-bond acceptors (Lipinski definition) is 3. The molecule has 2 rings (SSSR count). The topological polar surface area (TPSA) is 37.8 Å². The van der Waals surface area contributed by atoms with Crippen LogP contribution in [0.3, 0.4) is 0 Å². The van der Waals surface area contributed by atoms with Gasteiger partial charge in [-0.25, -0.2) is 9.97 Å². The average molecular weight is 327 g/mol. The molecule has 0 fully saturated rings. The molecule has 0 radical (unpaired) electrons. The minimum Gasteiger partial charge on any atom is -0.307 e. The van der Waals surface area contributed by atoms with Crippen LogP contribution in [0.5, 0.6) is 0 Å². The Hall–Kier alpha value is -0.970. The standard InChI is InChI=1S/C13H13BrClN3/c1-9-17-5-4-11(18-9)8-16-7-10-2-3-12(14)13(15)6-10/h2-6,16H,7-8H2,1H3. The molecule has 1 N–H and O–H groups in total. The molecular weight excluding hydrogens is 314 g/mol. The van der Waals surface area contributed by atoms with Crippen LogP contribution in [-0.2, 0) is 13.1 Å². The third-order valence-electron chi connectivity index (χ3n) is 2.45. The van der Waals surface area contributed by atoms with Gasteiger partial charge in [-0.1, -0.05) is 17.7 Å². The Kier molecular flexibility index (Phi) is 4.69. The van der Waals surface area contributed by atoms with E-state index in [1.807, 2.05) is 31.2 Å². The van der Waals surface area contributed by atoms with Gasteiger partial charge in [0.2, 0.25) is 0 Å². The highest BCUT2D eigenvalue weighted by Crippen LogP contribution is 2.23. The number of nitrogens with zero attached hydrogens (tertiary/aromatic N) is 2. The molecule has 5 heteroatoms. The highest BCUT2D eigenvalue weighted by atomic mass is 79.9. The van der Waals surface area contributed by atoms with Crippen LogP contribution in [0.2, 0.25) is 5.02 Å². The fraction of sp³-hybridized carbons (Fsp3) is 0.231. The third-order valence-corrected chi connectivity index (χ3v) is 3.69. The van der Waals surface area contributed by atoms with Crippen LogP contribution in [0.1, 0.15) is 17.1 Å². The van der Waals surface area contributed by atoms with Crippen molar-refractivity contribution in [2.75, 3.05) is 0 Å². The summed E-state index contributed by atoms with van der Waals surface area (Å²) in [5.74, 6) is 0.793. The van der Waals surface area contributed by atoms with Crippen LogP contribution >= 0.6 is 27.5 Å². The summed E-state index contributed by atoms with van der Waals surface area (Å²) >= 11 is 9.41. The summed E-state index contributed by atoms with van der Waals surface area (Å²) in [5.41, 5.74) is 2.14. The Morgan fingerprint density at radius 3 is 2.83 bits per heavy atom. The molecule has 0 saturated heterocycles. The molecular formula is C13H13BrClN3. The van der Waals surface area contributed by atoms with E-state index in [1.54, 1.807) is 6.20 Å². The molecule has 0 aliphatic rings. The summed E-state index contributed by atoms with van der Waals surface area (Å²) in [6.07, 6.45) is 1.77. The predicted molar refractivity (Wildman–Crippen MR) is 76.5 cm³/mol. The van der Waals surface area contributed by atoms with Crippen LogP contribution in [0.4, 0.5) is 0 Å². The zero-order valence-electron chi connectivity index (χ0n) is 9.95. The van der Waals surface area contributed by atoms with Gasteiger partial charge in [-0.05, 0) is 46.6 Å². The van der Waals surface area contributed by atoms with Crippen LogP contribution in [0.25, 0.3) is 0 Å². The summed E-state index contributed by atoms with van der Waals surface area (Å²) in [6.45, 7) is 3.37. The molecule has 1 aromatic heterocycles. The van der Waals surface area contributed by atoms with E-state index in [4.69, 9.17) is 11.6 Å². The first-order chi connectivity index (χ1) is 8.65. The van der Waals surface area contributed by atoms with Crippen LogP contribution in [-0.4, -0.2) is 9.97 Å². The summed E-state index contributed by atoms with van der Waals surface area (Å²) in [6, 6.07) is 7.85. The van der Waals surface area contributed by atoms with E-state index in [2.05, 4.69) is 31.2 Å². The second kappa shape index (κ2) is 6.27. The number of aryl methyl sites for hydroxylation is 1. The van der Waals surface area contributed by atoms with E-state index in [9.17, 15) is 0 Å². The lowest BCUT2D eigenvalue weighted by Crippen LogP contribution is -2.14. The molecule has 1 aromatic carbocycles. The molecule has 94 valence electrons. The van der Waals surface area contributed by atoms with Crippen molar-refractivity contribution in [3.63, 3.8) is 0 Å². The minimum absolute atomic E-state index is 0.719. The Morgan fingerprint density at radius 1 is 1.28 bits per heavy atom. The second-order valence-corrected chi connectivity index (χ2v) is 5.21. The zero-order valence-corrected chi connectivity index (χ0v) is 12.3. The van der Waals surface area contributed by atoms with E-state index in [1.165, 1.54) is 0 Å². The molecule has 3 nitrogen and oxygen atoms in total. The summed E-state index contributed by atoms with van der Waals surface area (Å²) in [5, 5.41) is 4.06. The van der Waals surface area contributed by atoms with Gasteiger partial charge in [0.15, 0.2) is 0 Å². The van der Waals surface area contributed by atoms with E-state index < -0.39 is 0 Å². The summed E-state index contributed by atoms with van der Waals surface area (Å²) in [7, 11) is 0. The molecule has 0 atom stereocenters. The van der Waals surface area contributed by atoms with Gasteiger partial charge >= 0.3 is 0 Å². The molecule has 0 spiro atoms. The van der Waals surface area contributed by atoms with Gasteiger partial charge < -0.3 is 5.32 Å². The monoisotopic (exact) mass is 325 g/mol. The summed E-state index contributed by atoms with van der Waals surface area (Å²) in [4.78, 5) is 8.39. The molecule has 0 unspecified atom stereocenters. The van der Waals surface area contributed by atoms with Gasteiger partial charge in [0.25, 0.3) is 0 Å². The van der Waals surface area contributed by atoms with E-state index in [-0.39, 0.29) is 0 Å². The second-order valence-electron chi connectivity index (χ2n) is 3.95. The number of aromatic nitrogens is 2. The van der Waals surface area contributed by atoms with Crippen molar-refractivity contribution in [3.05, 3.63) is 57.0 Å². The van der Waals surface area contributed by atoms with Crippen molar-refractivity contribution in [2.45, 2.75) is 20.0 Å². The molecule has 0 bridgehead atoms. The van der Waals surface area contributed by atoms with Crippen LogP contribution in [0, 0.1) is 6.92 Å². The first-order valence-corrected chi connectivity index (χ1v) is 6.75. The quantitative estimate of drug-likeness (QED) is 0.934. The van der Waals surface area contributed by atoms with Gasteiger partial charge in [-0.15, -0.1) is 0 Å². The van der Waals surface area contributed by atoms with E-state index in [0.717, 1.165) is 39.7 Å². The van der Waals surface area contributed by atoms with E-state index in [0.29, 0.717) is 0 Å². The minimum atomic E-state index is 0.719. The van der Waals surface area contributed by atoms with Gasteiger partial charge in [0.05, 0.1) is 10.7 Å². The number of nitrogens with one attached hydrogen (secondary N) is 1. The smallest absolute Gasteiger partial charge is 0.125 e. The number of benzene rings is 1. The molecule has 2 aromatic rings. The lowest BCUT2D eigenvalue weighted by Gasteiger charge is -2.06. The Labute approximate surface area is 120 Å². The third kappa shape index (κ3) is 3.77. The lowest BCUT2D eigenvalue weighted by molar-refractivity contribution is 0.675. The maximum absolute atomic E-state index is 6.04. The van der Waals surface area contributed by atoms with Crippen molar-refractivity contribution in [1.82, 2.24) is 15.3 Å². The van der Waals surface area contributed by atoms with Crippen molar-refractivity contribution in [2.24, 2.45) is 0 Å². The van der Waals surface area contributed by atoms with Crippen molar-refractivity contribution in [3.8, 4) is 0 Å². The normalized spacial score (nSPS) is 10.6. The number of rotatable bonds is 4. The maximum Gasteiger partial charge on any atom is 0.125 e. The Balaban J connectivity index is 1.90. The Bertz CT molecular complexity index is 546. The molecule has 0 amide bonds. The first kappa shape index (κ1) is 13.5. The van der Waals surface area contributed by atoms with Crippen molar-refractivity contribution < 1.29 is 0 Å². The Morgan fingerprint density at radius 2 is 2.11 bits per heavy atom. The zero-order chi connectivity index (χ0) is 13.0. The maximum atomic E-state index is 6.04. The summed E-state index contributed by atoms with van der Waals surface area (Å²) < 4.78 is 0.916. The van der Waals surface area contributed by atoms with Gasteiger partial charge in [0, 0.05) is 23.8 Å². The molecule has 0 aliphatic carbocycles. The average Bonchev–Trinajstić information content (AvgIpc) is 2.34. The fourth-order valence-electron chi connectivity index (χ4n) is 1.59. The number of halogens is 2. The van der Waals surface area contributed by atoms with Crippen molar-refractivity contribution in [1.29, 1.82) is 0 Å². The fourth-order valence-corrected chi connectivity index (χ4v) is 2.04. The van der Waals surface area contributed by atoms with Crippen LogP contribution in [0.15, 0.2) is 34.9 Å². The molecule has 0 aliphatic heterocycles. The number of hydrogen-bond donors (Lipinski definition) is 1. The molecule has 18 heavy (non-hydrogen) atoms. The van der Waals surface area contributed by atoms with Crippen LogP contribution < -0.4 is 5.32 Å². The lowest BCUT2D eigenvalue weighted by atomic mass is 10.2. The van der Waals surface area contributed by atoms with E-state index >= 15 is 0 Å². The first-order valence-electron chi connectivity index (χ1n) is 5.58. The molecule has 0 saturated carbocycles. The highest BCUT2D eigenvalue weighted by molar-refractivity contribution is 9.10.